The van der Waals surface area contributed by atoms with Crippen LogP contribution < -0.4 is 5.32 Å². The van der Waals surface area contributed by atoms with Crippen LogP contribution in [-0.2, 0) is 11.2 Å². The molecular weight excluding hydrogens is 321 g/mol. The van der Waals surface area contributed by atoms with Crippen LogP contribution in [0, 0.1) is 12.7 Å². The molecular formula is C18H18FN5O. The summed E-state index contributed by atoms with van der Waals surface area (Å²) in [7, 11) is 0. The number of hydrogen-bond acceptors (Lipinski definition) is 4. The van der Waals surface area contributed by atoms with Gasteiger partial charge in [0.25, 0.3) is 0 Å². The first-order valence-corrected chi connectivity index (χ1v) is 8.02. The lowest BCUT2D eigenvalue weighted by atomic mass is 10.1. The van der Waals surface area contributed by atoms with Gasteiger partial charge in [0.05, 0.1) is 11.4 Å². The number of carbonyl (C=O) groups is 1. The summed E-state index contributed by atoms with van der Waals surface area (Å²) in [6, 6.07) is 14.3. The molecule has 0 aliphatic heterocycles. The van der Waals surface area contributed by atoms with Crippen molar-refractivity contribution in [2.24, 2.45) is 0 Å². The summed E-state index contributed by atoms with van der Waals surface area (Å²) in [4.78, 5) is 12.1. The molecule has 0 saturated heterocycles. The van der Waals surface area contributed by atoms with Crippen LogP contribution in [0.1, 0.15) is 24.2 Å². The molecule has 1 N–H and O–H groups in total. The summed E-state index contributed by atoms with van der Waals surface area (Å²) in [6.45, 7) is 1.74. The summed E-state index contributed by atoms with van der Waals surface area (Å²) in [5, 5.41) is 13.8. The van der Waals surface area contributed by atoms with Gasteiger partial charge in [0.15, 0.2) is 5.82 Å². The standard InChI is InChI=1S/C18H18FN5O/c1-13-21-22-23-24(13)15-10-11-16(19)17(12-15)20-18(25)9-5-8-14-6-3-2-4-7-14/h2-4,6-7,10-12H,5,8-9H2,1H3,(H,20,25). The number of anilines is 1. The SMILES string of the molecule is Cc1nnnn1-c1ccc(F)c(NC(=O)CCCc2ccccc2)c1. The van der Waals surface area contributed by atoms with E-state index in [0.29, 0.717) is 24.4 Å². The average Bonchev–Trinajstić information content (AvgIpc) is 3.04. The molecule has 0 atom stereocenters. The Labute approximate surface area is 144 Å². The third kappa shape index (κ3) is 4.26. The molecule has 1 heterocycles. The highest BCUT2D eigenvalue weighted by molar-refractivity contribution is 5.91. The van der Waals surface area contributed by atoms with E-state index >= 15 is 0 Å². The van der Waals surface area contributed by atoms with Gasteiger partial charge in [-0.15, -0.1) is 5.10 Å². The minimum Gasteiger partial charge on any atom is -0.324 e. The van der Waals surface area contributed by atoms with Crippen molar-refractivity contribution in [3.63, 3.8) is 0 Å². The van der Waals surface area contributed by atoms with Crippen molar-refractivity contribution in [3.05, 3.63) is 65.7 Å². The van der Waals surface area contributed by atoms with E-state index < -0.39 is 5.82 Å². The molecule has 0 bridgehead atoms. The number of amides is 1. The number of tetrazole rings is 1. The third-order valence-electron chi connectivity index (χ3n) is 3.81. The molecule has 0 saturated carbocycles. The fourth-order valence-corrected chi connectivity index (χ4v) is 2.52. The smallest absolute Gasteiger partial charge is 0.224 e. The fraction of sp³-hybridized carbons (Fsp3) is 0.222. The van der Waals surface area contributed by atoms with E-state index in [9.17, 15) is 9.18 Å². The van der Waals surface area contributed by atoms with Crippen molar-refractivity contribution in [2.45, 2.75) is 26.2 Å². The maximum atomic E-state index is 14.0. The highest BCUT2D eigenvalue weighted by Gasteiger charge is 2.11. The third-order valence-corrected chi connectivity index (χ3v) is 3.81. The summed E-state index contributed by atoms with van der Waals surface area (Å²) < 4.78 is 15.5. The van der Waals surface area contributed by atoms with Crippen LogP contribution in [0.4, 0.5) is 10.1 Å². The van der Waals surface area contributed by atoms with Gasteiger partial charge in [-0.3, -0.25) is 4.79 Å². The fourth-order valence-electron chi connectivity index (χ4n) is 2.52. The van der Waals surface area contributed by atoms with Crippen LogP contribution in [-0.4, -0.2) is 26.1 Å². The van der Waals surface area contributed by atoms with Gasteiger partial charge in [0, 0.05) is 6.42 Å². The topological polar surface area (TPSA) is 72.7 Å². The van der Waals surface area contributed by atoms with Gasteiger partial charge in [0.1, 0.15) is 5.82 Å². The summed E-state index contributed by atoms with van der Waals surface area (Å²) in [6.07, 6.45) is 1.83. The summed E-state index contributed by atoms with van der Waals surface area (Å²) >= 11 is 0. The number of nitrogens with zero attached hydrogens (tertiary/aromatic N) is 4. The van der Waals surface area contributed by atoms with Gasteiger partial charge < -0.3 is 5.32 Å². The zero-order valence-corrected chi connectivity index (χ0v) is 13.8. The van der Waals surface area contributed by atoms with E-state index in [0.717, 1.165) is 6.42 Å². The molecule has 1 aromatic heterocycles. The predicted octanol–water partition coefficient (Wildman–Crippen LogP) is 3.07. The van der Waals surface area contributed by atoms with Crippen LogP contribution in [0.3, 0.4) is 0 Å². The largest absolute Gasteiger partial charge is 0.324 e. The van der Waals surface area contributed by atoms with Gasteiger partial charge in [0.2, 0.25) is 5.91 Å². The highest BCUT2D eigenvalue weighted by Crippen LogP contribution is 2.19. The quantitative estimate of drug-likeness (QED) is 0.749. The van der Waals surface area contributed by atoms with Crippen LogP contribution >= 0.6 is 0 Å². The van der Waals surface area contributed by atoms with Crippen LogP contribution in [0.5, 0.6) is 0 Å². The minimum absolute atomic E-state index is 0.122. The molecule has 3 rings (SSSR count). The molecule has 7 heteroatoms. The number of rotatable bonds is 6. The normalized spacial score (nSPS) is 10.6. The zero-order chi connectivity index (χ0) is 17.6. The molecule has 128 valence electrons. The van der Waals surface area contributed by atoms with Gasteiger partial charge in [-0.05, 0) is 54.0 Å². The second-order valence-corrected chi connectivity index (χ2v) is 5.69. The Kier molecular flexibility index (Phi) is 5.13. The van der Waals surface area contributed by atoms with Gasteiger partial charge in [-0.25, -0.2) is 4.39 Å². The van der Waals surface area contributed by atoms with E-state index in [1.807, 2.05) is 30.3 Å². The molecule has 2 aromatic carbocycles. The van der Waals surface area contributed by atoms with E-state index in [1.54, 1.807) is 13.0 Å². The van der Waals surface area contributed by atoms with Gasteiger partial charge in [-0.2, -0.15) is 4.68 Å². The monoisotopic (exact) mass is 339 g/mol. The molecule has 0 unspecified atom stereocenters. The lowest BCUT2D eigenvalue weighted by Gasteiger charge is -2.09. The lowest BCUT2D eigenvalue weighted by Crippen LogP contribution is -2.13. The van der Waals surface area contributed by atoms with E-state index in [2.05, 4.69) is 20.8 Å². The van der Waals surface area contributed by atoms with Crippen molar-refractivity contribution < 1.29 is 9.18 Å². The Morgan fingerprint density at radius 3 is 2.72 bits per heavy atom. The molecule has 6 nitrogen and oxygen atoms in total. The minimum atomic E-state index is -0.495. The maximum absolute atomic E-state index is 14.0. The van der Waals surface area contributed by atoms with Gasteiger partial charge >= 0.3 is 0 Å². The van der Waals surface area contributed by atoms with Crippen LogP contribution in [0.25, 0.3) is 5.69 Å². The average molecular weight is 339 g/mol. The number of carbonyl (C=O) groups excluding carboxylic acids is 1. The first-order chi connectivity index (χ1) is 12.1. The first-order valence-electron chi connectivity index (χ1n) is 8.02. The number of nitrogens with one attached hydrogen (secondary N) is 1. The van der Waals surface area contributed by atoms with Gasteiger partial charge in [-0.1, -0.05) is 30.3 Å². The van der Waals surface area contributed by atoms with Crippen LogP contribution in [0.2, 0.25) is 0 Å². The summed E-state index contributed by atoms with van der Waals surface area (Å²) in [5.41, 5.74) is 1.89. The molecule has 25 heavy (non-hydrogen) atoms. The molecule has 0 spiro atoms. The Morgan fingerprint density at radius 1 is 1.20 bits per heavy atom. The number of aryl methyl sites for hydroxylation is 2. The lowest BCUT2D eigenvalue weighted by molar-refractivity contribution is -0.116. The number of aromatic nitrogens is 4. The summed E-state index contributed by atoms with van der Waals surface area (Å²) in [5.74, 6) is -0.141. The van der Waals surface area contributed by atoms with Crippen LogP contribution in [0.15, 0.2) is 48.5 Å². The molecule has 0 aliphatic carbocycles. The Morgan fingerprint density at radius 2 is 2.00 bits per heavy atom. The Hall–Kier alpha value is -3.09. The Bertz CT molecular complexity index is 863. The van der Waals surface area contributed by atoms with Crippen molar-refractivity contribution in [1.29, 1.82) is 0 Å². The van der Waals surface area contributed by atoms with E-state index in [1.165, 1.54) is 22.4 Å². The maximum Gasteiger partial charge on any atom is 0.224 e. The van der Waals surface area contributed by atoms with Crippen molar-refractivity contribution in [3.8, 4) is 5.69 Å². The Balaban J connectivity index is 1.62. The molecule has 0 fully saturated rings. The number of benzene rings is 2. The highest BCUT2D eigenvalue weighted by atomic mass is 19.1. The van der Waals surface area contributed by atoms with Crippen molar-refractivity contribution in [2.75, 3.05) is 5.32 Å². The zero-order valence-electron chi connectivity index (χ0n) is 13.8. The predicted molar refractivity (Wildman–Crippen MR) is 91.9 cm³/mol. The second-order valence-electron chi connectivity index (χ2n) is 5.69. The van der Waals surface area contributed by atoms with E-state index in [4.69, 9.17) is 0 Å². The van der Waals surface area contributed by atoms with Crippen molar-refractivity contribution >= 4 is 11.6 Å². The van der Waals surface area contributed by atoms with Crippen molar-refractivity contribution in [1.82, 2.24) is 20.2 Å². The molecule has 0 radical (unpaired) electrons. The molecule has 1 amide bonds. The number of hydrogen-bond donors (Lipinski definition) is 1. The first kappa shape index (κ1) is 16.8. The second kappa shape index (κ2) is 7.65. The number of halogens is 1. The molecule has 3 aromatic rings. The molecule has 0 aliphatic rings. The van der Waals surface area contributed by atoms with E-state index in [-0.39, 0.29) is 11.6 Å².